The minimum Gasteiger partial charge on any atom is -0.481 e. The average Bonchev–Trinajstić information content (AvgIpc) is 3.39. The van der Waals surface area contributed by atoms with Gasteiger partial charge in [-0.25, -0.2) is 0 Å². The van der Waals surface area contributed by atoms with Gasteiger partial charge in [-0.2, -0.15) is 11.8 Å². The summed E-state index contributed by atoms with van der Waals surface area (Å²) in [5.41, 5.74) is 0. The van der Waals surface area contributed by atoms with Crippen LogP contribution in [0.1, 0.15) is 57.8 Å². The van der Waals surface area contributed by atoms with Crippen molar-refractivity contribution in [2.75, 3.05) is 18.1 Å². The highest BCUT2D eigenvalue weighted by atomic mass is 32.2. The number of rotatable bonds is 12. The number of aliphatic hydroxyl groups excluding tert-OH is 1. The molecule has 5 nitrogen and oxygen atoms in total. The fourth-order valence-corrected chi connectivity index (χ4v) is 4.07. The molecule has 0 aromatic rings. The summed E-state index contributed by atoms with van der Waals surface area (Å²) in [6, 6.07) is 0.0939. The molecule has 25 heavy (non-hydrogen) atoms. The molecule has 2 fully saturated rings. The number of carboxylic acids is 1. The zero-order valence-electron chi connectivity index (χ0n) is 14.9. The molecular weight excluding hydrogens is 338 g/mol. The van der Waals surface area contributed by atoms with E-state index < -0.39 is 12.1 Å². The first-order chi connectivity index (χ1) is 12.1. The molecule has 0 radical (unpaired) electrons. The van der Waals surface area contributed by atoms with Crippen molar-refractivity contribution >= 4 is 23.6 Å². The Balaban J connectivity index is 1.70. The topological polar surface area (TPSA) is 77.8 Å². The molecule has 0 spiro atoms. The molecule has 6 heteroatoms. The fraction of sp³-hybridized carbons (Fsp3) is 0.789. The van der Waals surface area contributed by atoms with Gasteiger partial charge in [0.15, 0.2) is 0 Å². The van der Waals surface area contributed by atoms with Crippen LogP contribution in [0.5, 0.6) is 0 Å². The molecule has 1 saturated carbocycles. The Hall–Kier alpha value is -1.01. The average molecular weight is 370 g/mol. The number of amides is 1. The first kappa shape index (κ1) is 20.3. The van der Waals surface area contributed by atoms with E-state index in [1.54, 1.807) is 11.8 Å². The molecule has 2 unspecified atom stereocenters. The van der Waals surface area contributed by atoms with Crippen molar-refractivity contribution in [3.63, 3.8) is 0 Å². The van der Waals surface area contributed by atoms with Crippen LogP contribution in [0.25, 0.3) is 0 Å². The van der Waals surface area contributed by atoms with Crippen molar-refractivity contribution in [1.29, 1.82) is 0 Å². The first-order valence-corrected chi connectivity index (χ1v) is 10.7. The summed E-state index contributed by atoms with van der Waals surface area (Å²) >= 11 is 1.70. The minimum atomic E-state index is -0.753. The Morgan fingerprint density at radius 2 is 2.12 bits per heavy atom. The Morgan fingerprint density at radius 1 is 1.32 bits per heavy atom. The van der Waals surface area contributed by atoms with Crippen LogP contribution in [-0.4, -0.2) is 57.2 Å². The molecule has 0 aromatic heterocycles. The number of hydrogen-bond acceptors (Lipinski definition) is 4. The number of aliphatic carboxylic acids is 1. The van der Waals surface area contributed by atoms with Gasteiger partial charge in [-0.05, 0) is 43.8 Å². The molecule has 1 heterocycles. The van der Waals surface area contributed by atoms with E-state index in [0.717, 1.165) is 43.1 Å². The highest BCUT2D eigenvalue weighted by molar-refractivity contribution is 7.99. The van der Waals surface area contributed by atoms with Crippen LogP contribution in [0.3, 0.4) is 0 Å². The maximum absolute atomic E-state index is 12.2. The highest BCUT2D eigenvalue weighted by Gasteiger charge is 2.26. The maximum atomic E-state index is 12.2. The van der Waals surface area contributed by atoms with Crippen LogP contribution in [0.15, 0.2) is 12.2 Å². The van der Waals surface area contributed by atoms with E-state index in [1.165, 1.54) is 12.8 Å². The molecule has 1 aliphatic carbocycles. The van der Waals surface area contributed by atoms with Gasteiger partial charge in [0, 0.05) is 25.1 Å². The van der Waals surface area contributed by atoms with Crippen LogP contribution in [0.2, 0.25) is 0 Å². The zero-order valence-corrected chi connectivity index (χ0v) is 15.8. The Kier molecular flexibility index (Phi) is 8.82. The molecule has 1 saturated heterocycles. The predicted molar refractivity (Wildman–Crippen MR) is 101 cm³/mol. The molecule has 2 N–H and O–H groups in total. The second-order valence-corrected chi connectivity index (χ2v) is 8.35. The number of thioether (sulfide) groups is 1. The third-order valence-corrected chi connectivity index (χ3v) is 5.94. The Labute approximate surface area is 154 Å². The van der Waals surface area contributed by atoms with Gasteiger partial charge in [0.1, 0.15) is 0 Å². The van der Waals surface area contributed by atoms with Crippen molar-refractivity contribution in [3.05, 3.63) is 12.2 Å². The molecule has 142 valence electrons. The van der Waals surface area contributed by atoms with Crippen molar-refractivity contribution in [2.45, 2.75) is 69.9 Å². The molecule has 0 aromatic carbocycles. The largest absolute Gasteiger partial charge is 0.481 e. The fourth-order valence-electron chi connectivity index (χ4n) is 3.19. The Bertz CT molecular complexity index is 464. The van der Waals surface area contributed by atoms with E-state index in [0.29, 0.717) is 19.4 Å². The third kappa shape index (κ3) is 8.27. The third-order valence-electron chi connectivity index (χ3n) is 4.89. The molecule has 2 aliphatic rings. The van der Waals surface area contributed by atoms with E-state index in [4.69, 9.17) is 5.11 Å². The molecule has 1 aliphatic heterocycles. The molecule has 0 bridgehead atoms. The SMILES string of the molecule is O=C(O)CCCSCCN1C(=O)CCCC1C=CC(O)CCC1CC1. The monoisotopic (exact) mass is 369 g/mol. The van der Waals surface area contributed by atoms with Crippen molar-refractivity contribution in [1.82, 2.24) is 4.90 Å². The first-order valence-electron chi connectivity index (χ1n) is 9.51. The zero-order chi connectivity index (χ0) is 18.1. The second kappa shape index (κ2) is 10.9. The van der Waals surface area contributed by atoms with Crippen LogP contribution in [0.4, 0.5) is 0 Å². The molecule has 2 atom stereocenters. The summed E-state index contributed by atoms with van der Waals surface area (Å²) in [4.78, 5) is 24.6. The summed E-state index contributed by atoms with van der Waals surface area (Å²) in [7, 11) is 0. The van der Waals surface area contributed by atoms with Crippen LogP contribution in [-0.2, 0) is 9.59 Å². The summed E-state index contributed by atoms with van der Waals surface area (Å²) in [5.74, 6) is 1.92. The second-order valence-electron chi connectivity index (χ2n) is 7.13. The standard InChI is InChI=1S/C19H31NO4S/c21-17(10-8-15-6-7-15)11-9-16-3-1-4-18(22)20(16)12-14-25-13-2-5-19(23)24/h9,11,15-17,21H,1-8,10,12-14H2,(H,23,24). The van der Waals surface area contributed by atoms with Crippen molar-refractivity contribution in [3.8, 4) is 0 Å². The number of carbonyl (C=O) groups is 2. The summed E-state index contributed by atoms with van der Waals surface area (Å²) in [5, 5.41) is 18.7. The number of nitrogens with zero attached hydrogens (tertiary/aromatic N) is 1. The minimum absolute atomic E-state index is 0.0939. The molecule has 2 rings (SSSR count). The quantitative estimate of drug-likeness (QED) is 0.408. The molecular formula is C19H31NO4S. The lowest BCUT2D eigenvalue weighted by Gasteiger charge is -2.34. The van der Waals surface area contributed by atoms with E-state index in [1.807, 2.05) is 17.1 Å². The number of carbonyl (C=O) groups excluding carboxylic acids is 1. The number of aliphatic hydroxyl groups is 1. The van der Waals surface area contributed by atoms with Gasteiger partial charge in [-0.1, -0.05) is 25.0 Å². The summed E-state index contributed by atoms with van der Waals surface area (Å²) in [6.45, 7) is 0.698. The summed E-state index contributed by atoms with van der Waals surface area (Å²) in [6.07, 6.45) is 11.4. The van der Waals surface area contributed by atoms with Crippen LogP contribution < -0.4 is 0 Å². The normalized spacial score (nSPS) is 22.5. The number of piperidine rings is 1. The van der Waals surface area contributed by atoms with Gasteiger partial charge in [-0.15, -0.1) is 0 Å². The van der Waals surface area contributed by atoms with Gasteiger partial charge >= 0.3 is 5.97 Å². The lowest BCUT2D eigenvalue weighted by atomic mass is 10.00. The van der Waals surface area contributed by atoms with E-state index >= 15 is 0 Å². The van der Waals surface area contributed by atoms with Crippen LogP contribution in [0, 0.1) is 5.92 Å². The van der Waals surface area contributed by atoms with Crippen molar-refractivity contribution < 1.29 is 19.8 Å². The number of likely N-dealkylation sites (tertiary alicyclic amines) is 1. The lowest BCUT2D eigenvalue weighted by molar-refractivity contribution is -0.137. The Morgan fingerprint density at radius 3 is 2.84 bits per heavy atom. The highest BCUT2D eigenvalue weighted by Crippen LogP contribution is 2.34. The van der Waals surface area contributed by atoms with Gasteiger partial charge in [-0.3, -0.25) is 9.59 Å². The maximum Gasteiger partial charge on any atom is 0.303 e. The molecule has 1 amide bonds. The van der Waals surface area contributed by atoms with Gasteiger partial charge in [0.25, 0.3) is 0 Å². The van der Waals surface area contributed by atoms with E-state index in [9.17, 15) is 14.7 Å². The van der Waals surface area contributed by atoms with Gasteiger partial charge in [0.2, 0.25) is 5.91 Å². The van der Waals surface area contributed by atoms with Gasteiger partial charge < -0.3 is 15.1 Å². The number of hydrogen-bond donors (Lipinski definition) is 2. The van der Waals surface area contributed by atoms with E-state index in [-0.39, 0.29) is 18.4 Å². The number of carboxylic acid groups (broad SMARTS) is 1. The summed E-state index contributed by atoms with van der Waals surface area (Å²) < 4.78 is 0. The van der Waals surface area contributed by atoms with E-state index in [2.05, 4.69) is 0 Å². The lowest BCUT2D eigenvalue weighted by Crippen LogP contribution is -2.43. The van der Waals surface area contributed by atoms with Crippen LogP contribution >= 0.6 is 11.8 Å². The van der Waals surface area contributed by atoms with Crippen molar-refractivity contribution in [2.24, 2.45) is 5.92 Å². The predicted octanol–water partition coefficient (Wildman–Crippen LogP) is 3.07. The smallest absolute Gasteiger partial charge is 0.303 e. The van der Waals surface area contributed by atoms with Gasteiger partial charge in [0.05, 0.1) is 12.1 Å².